The Kier molecular flexibility index (Phi) is 6.63. The van der Waals surface area contributed by atoms with E-state index in [0.717, 1.165) is 4.47 Å². The van der Waals surface area contributed by atoms with Crippen molar-refractivity contribution in [2.75, 3.05) is 33.5 Å². The summed E-state index contributed by atoms with van der Waals surface area (Å²) in [6.45, 7) is 2.12. The SMILES string of the molecule is COCCOCCOc1ccc(C#N)cc1Br. The lowest BCUT2D eigenvalue weighted by Crippen LogP contribution is -2.10. The lowest BCUT2D eigenvalue weighted by Gasteiger charge is -2.08. The molecule has 1 aromatic carbocycles. The highest BCUT2D eigenvalue weighted by Crippen LogP contribution is 2.25. The summed E-state index contributed by atoms with van der Waals surface area (Å²) in [6, 6.07) is 7.26. The summed E-state index contributed by atoms with van der Waals surface area (Å²) in [6.07, 6.45) is 0. The number of hydrogen-bond donors (Lipinski definition) is 0. The lowest BCUT2D eigenvalue weighted by molar-refractivity contribution is 0.0543. The highest BCUT2D eigenvalue weighted by atomic mass is 79.9. The smallest absolute Gasteiger partial charge is 0.133 e. The third-order valence-corrected chi connectivity index (χ3v) is 2.60. The normalized spacial score (nSPS) is 9.94. The van der Waals surface area contributed by atoms with Crippen molar-refractivity contribution < 1.29 is 14.2 Å². The molecule has 5 heteroatoms. The molecule has 0 aliphatic rings. The first kappa shape index (κ1) is 14.0. The Bertz CT molecular complexity index is 390. The van der Waals surface area contributed by atoms with Crippen LogP contribution in [0.4, 0.5) is 0 Å². The van der Waals surface area contributed by atoms with Crippen molar-refractivity contribution in [2.24, 2.45) is 0 Å². The average molecular weight is 300 g/mol. The van der Waals surface area contributed by atoms with E-state index < -0.39 is 0 Å². The summed E-state index contributed by atoms with van der Waals surface area (Å²) < 4.78 is 16.4. The summed E-state index contributed by atoms with van der Waals surface area (Å²) in [4.78, 5) is 0. The molecule has 0 unspecified atom stereocenters. The van der Waals surface area contributed by atoms with E-state index in [1.54, 1.807) is 25.3 Å². The molecule has 1 rings (SSSR count). The second-order valence-electron chi connectivity index (χ2n) is 3.21. The first-order valence-corrected chi connectivity index (χ1v) is 5.96. The number of hydrogen-bond acceptors (Lipinski definition) is 4. The first-order chi connectivity index (χ1) is 8.27. The molecule has 0 aliphatic carbocycles. The van der Waals surface area contributed by atoms with Gasteiger partial charge in [0.2, 0.25) is 0 Å². The predicted molar refractivity (Wildman–Crippen MR) is 67.0 cm³/mol. The van der Waals surface area contributed by atoms with Crippen LogP contribution in [0.1, 0.15) is 5.56 Å². The van der Waals surface area contributed by atoms with Crippen LogP contribution in [0, 0.1) is 11.3 Å². The number of nitriles is 1. The minimum Gasteiger partial charge on any atom is -0.490 e. The van der Waals surface area contributed by atoms with Crippen molar-refractivity contribution in [3.63, 3.8) is 0 Å². The Balaban J connectivity index is 2.30. The van der Waals surface area contributed by atoms with E-state index in [-0.39, 0.29) is 0 Å². The molecule has 0 saturated heterocycles. The third-order valence-electron chi connectivity index (χ3n) is 1.98. The molecule has 17 heavy (non-hydrogen) atoms. The van der Waals surface area contributed by atoms with Gasteiger partial charge in [-0.15, -0.1) is 0 Å². The van der Waals surface area contributed by atoms with Crippen LogP contribution in [0.25, 0.3) is 0 Å². The molecule has 0 radical (unpaired) electrons. The van der Waals surface area contributed by atoms with E-state index >= 15 is 0 Å². The van der Waals surface area contributed by atoms with Gasteiger partial charge < -0.3 is 14.2 Å². The van der Waals surface area contributed by atoms with E-state index in [1.807, 2.05) is 0 Å². The van der Waals surface area contributed by atoms with E-state index in [1.165, 1.54) is 0 Å². The predicted octanol–water partition coefficient (Wildman–Crippen LogP) is 2.36. The summed E-state index contributed by atoms with van der Waals surface area (Å²) >= 11 is 3.35. The van der Waals surface area contributed by atoms with Gasteiger partial charge in [-0.05, 0) is 34.1 Å². The van der Waals surface area contributed by atoms with Crippen molar-refractivity contribution in [1.29, 1.82) is 5.26 Å². The Morgan fingerprint density at radius 2 is 2.00 bits per heavy atom. The van der Waals surface area contributed by atoms with Crippen LogP contribution < -0.4 is 4.74 Å². The Morgan fingerprint density at radius 3 is 2.65 bits per heavy atom. The minimum atomic E-state index is 0.466. The number of ether oxygens (including phenoxy) is 3. The van der Waals surface area contributed by atoms with Crippen molar-refractivity contribution in [3.05, 3.63) is 28.2 Å². The molecule has 0 atom stereocenters. The van der Waals surface area contributed by atoms with E-state index in [9.17, 15) is 0 Å². The van der Waals surface area contributed by atoms with Crippen molar-refractivity contribution >= 4 is 15.9 Å². The van der Waals surface area contributed by atoms with Crippen LogP contribution in [0.2, 0.25) is 0 Å². The van der Waals surface area contributed by atoms with Crippen LogP contribution in [-0.2, 0) is 9.47 Å². The summed E-state index contributed by atoms with van der Waals surface area (Å²) in [5.41, 5.74) is 0.598. The van der Waals surface area contributed by atoms with Gasteiger partial charge in [-0.2, -0.15) is 5.26 Å². The maximum Gasteiger partial charge on any atom is 0.133 e. The Morgan fingerprint density at radius 1 is 1.24 bits per heavy atom. The van der Waals surface area contributed by atoms with Gasteiger partial charge in [-0.3, -0.25) is 0 Å². The number of nitrogens with zero attached hydrogens (tertiary/aromatic N) is 1. The standard InChI is InChI=1S/C12H14BrNO3/c1-15-4-5-16-6-7-17-12-3-2-10(9-14)8-11(12)13/h2-3,8H,4-7H2,1H3. The van der Waals surface area contributed by atoms with E-state index in [2.05, 4.69) is 22.0 Å². The summed E-state index contributed by atoms with van der Waals surface area (Å²) in [5, 5.41) is 8.71. The quantitative estimate of drug-likeness (QED) is 0.725. The zero-order chi connectivity index (χ0) is 12.5. The topological polar surface area (TPSA) is 51.5 Å². The number of benzene rings is 1. The molecule has 0 fully saturated rings. The van der Waals surface area contributed by atoms with Gasteiger partial charge in [0.25, 0.3) is 0 Å². The van der Waals surface area contributed by atoms with E-state index in [0.29, 0.717) is 37.7 Å². The van der Waals surface area contributed by atoms with Crippen molar-refractivity contribution in [3.8, 4) is 11.8 Å². The monoisotopic (exact) mass is 299 g/mol. The minimum absolute atomic E-state index is 0.466. The number of methoxy groups -OCH3 is 1. The Labute approximate surface area is 109 Å². The van der Waals surface area contributed by atoms with Crippen LogP contribution in [0.15, 0.2) is 22.7 Å². The van der Waals surface area contributed by atoms with Gasteiger partial charge in [0.05, 0.1) is 35.9 Å². The maximum absolute atomic E-state index is 8.71. The zero-order valence-electron chi connectivity index (χ0n) is 9.61. The first-order valence-electron chi connectivity index (χ1n) is 5.17. The van der Waals surface area contributed by atoms with Gasteiger partial charge in [0, 0.05) is 7.11 Å². The highest BCUT2D eigenvalue weighted by molar-refractivity contribution is 9.10. The van der Waals surface area contributed by atoms with Crippen LogP contribution in [-0.4, -0.2) is 33.5 Å². The molecular formula is C12H14BrNO3. The van der Waals surface area contributed by atoms with Crippen LogP contribution in [0.3, 0.4) is 0 Å². The van der Waals surface area contributed by atoms with Gasteiger partial charge in [0.1, 0.15) is 12.4 Å². The molecular weight excluding hydrogens is 286 g/mol. The molecule has 92 valence electrons. The van der Waals surface area contributed by atoms with Crippen LogP contribution in [0.5, 0.6) is 5.75 Å². The molecule has 0 aromatic heterocycles. The molecule has 0 saturated carbocycles. The molecule has 0 amide bonds. The zero-order valence-corrected chi connectivity index (χ0v) is 11.2. The fourth-order valence-electron chi connectivity index (χ4n) is 1.14. The van der Waals surface area contributed by atoms with Gasteiger partial charge in [-0.1, -0.05) is 0 Å². The molecule has 0 heterocycles. The second kappa shape index (κ2) is 8.07. The summed E-state index contributed by atoms with van der Waals surface area (Å²) in [5.74, 6) is 0.708. The second-order valence-corrected chi connectivity index (χ2v) is 4.06. The number of halogens is 1. The fraction of sp³-hybridized carbons (Fsp3) is 0.417. The summed E-state index contributed by atoms with van der Waals surface area (Å²) in [7, 11) is 1.63. The lowest BCUT2D eigenvalue weighted by atomic mass is 10.2. The average Bonchev–Trinajstić information content (AvgIpc) is 2.35. The van der Waals surface area contributed by atoms with Gasteiger partial charge in [0.15, 0.2) is 0 Å². The molecule has 4 nitrogen and oxygen atoms in total. The largest absolute Gasteiger partial charge is 0.490 e. The fourth-order valence-corrected chi connectivity index (χ4v) is 1.64. The molecule has 0 bridgehead atoms. The maximum atomic E-state index is 8.71. The van der Waals surface area contributed by atoms with Crippen LogP contribution >= 0.6 is 15.9 Å². The highest BCUT2D eigenvalue weighted by Gasteiger charge is 2.02. The van der Waals surface area contributed by atoms with E-state index in [4.69, 9.17) is 19.5 Å². The van der Waals surface area contributed by atoms with Crippen molar-refractivity contribution in [2.45, 2.75) is 0 Å². The molecule has 0 aliphatic heterocycles. The third kappa shape index (κ3) is 5.18. The Hall–Kier alpha value is -1.09. The molecule has 0 spiro atoms. The molecule has 1 aromatic rings. The number of rotatable bonds is 7. The van der Waals surface area contributed by atoms with Gasteiger partial charge in [-0.25, -0.2) is 0 Å². The van der Waals surface area contributed by atoms with Gasteiger partial charge >= 0.3 is 0 Å². The molecule has 0 N–H and O–H groups in total. The van der Waals surface area contributed by atoms with Crippen molar-refractivity contribution in [1.82, 2.24) is 0 Å².